The summed E-state index contributed by atoms with van der Waals surface area (Å²) in [6.45, 7) is 6.64. The molecule has 1 aromatic heterocycles. The fourth-order valence-corrected chi connectivity index (χ4v) is 4.42. The van der Waals surface area contributed by atoms with Crippen LogP contribution in [0.15, 0.2) is 30.3 Å². The highest BCUT2D eigenvalue weighted by Crippen LogP contribution is 2.33. The van der Waals surface area contributed by atoms with Crippen LogP contribution in [0.5, 0.6) is 0 Å². The zero-order valence-corrected chi connectivity index (χ0v) is 21.8. The van der Waals surface area contributed by atoms with Gasteiger partial charge in [-0.3, -0.25) is 14.4 Å². The number of ether oxygens (including phenoxy) is 1. The minimum atomic E-state index is -2.86. The van der Waals surface area contributed by atoms with Crippen molar-refractivity contribution in [3.8, 4) is 0 Å². The van der Waals surface area contributed by atoms with Crippen molar-refractivity contribution in [2.75, 3.05) is 43.1 Å². The molecule has 0 bridgehead atoms. The highest BCUT2D eigenvalue weighted by atomic mass is 35.5. The highest BCUT2D eigenvalue weighted by molar-refractivity contribution is 7.18. The van der Waals surface area contributed by atoms with Crippen LogP contribution in [0.1, 0.15) is 42.4 Å². The van der Waals surface area contributed by atoms with Crippen molar-refractivity contribution < 1.29 is 27.9 Å². The molecule has 0 aliphatic carbocycles. The number of rotatable bonds is 9. The van der Waals surface area contributed by atoms with Crippen LogP contribution in [-0.4, -0.2) is 56.6 Å². The highest BCUT2D eigenvalue weighted by Gasteiger charge is 2.27. The predicted octanol–water partition coefficient (Wildman–Crippen LogP) is 4.08. The Morgan fingerprint density at radius 1 is 1.22 bits per heavy atom. The van der Waals surface area contributed by atoms with E-state index >= 15 is 0 Å². The molecule has 0 spiro atoms. The number of carbonyl (C=O) groups excluding carboxylic acids is 3. The molecular weight excluding hydrogens is 514 g/mol. The number of halogens is 3. The van der Waals surface area contributed by atoms with Crippen LogP contribution in [-0.2, 0) is 14.3 Å². The smallest absolute Gasteiger partial charge is 0.265 e. The third kappa shape index (κ3) is 7.70. The SMILES string of the molecule is CC(C)(C)CN[C@H](CNC(=O)c1ccc(Cl)s1)C(=O)Nc1ccc(N2CCOCC2=O)c(C(F)F)c1. The lowest BCUT2D eigenvalue weighted by Gasteiger charge is -2.29. The zero-order valence-electron chi connectivity index (χ0n) is 20.2. The minimum absolute atomic E-state index is 0.0294. The third-order valence-corrected chi connectivity index (χ3v) is 6.50. The Labute approximate surface area is 217 Å². The molecule has 3 rings (SSSR count). The van der Waals surface area contributed by atoms with Crippen LogP contribution >= 0.6 is 22.9 Å². The lowest BCUT2D eigenvalue weighted by molar-refractivity contribution is -0.125. The van der Waals surface area contributed by atoms with E-state index in [-0.39, 0.29) is 54.6 Å². The first-order valence-electron chi connectivity index (χ1n) is 11.3. The van der Waals surface area contributed by atoms with Gasteiger partial charge in [0.05, 0.1) is 21.5 Å². The molecule has 1 saturated heterocycles. The van der Waals surface area contributed by atoms with Gasteiger partial charge >= 0.3 is 0 Å². The van der Waals surface area contributed by atoms with Gasteiger partial charge in [-0.05, 0) is 35.7 Å². The number of hydrogen-bond donors (Lipinski definition) is 3. The zero-order chi connectivity index (χ0) is 26.5. The van der Waals surface area contributed by atoms with E-state index in [4.69, 9.17) is 16.3 Å². The summed E-state index contributed by atoms with van der Waals surface area (Å²) in [6, 6.07) is 6.38. The minimum Gasteiger partial charge on any atom is -0.370 e. The van der Waals surface area contributed by atoms with Crippen LogP contribution in [0.3, 0.4) is 0 Å². The number of amides is 3. The monoisotopic (exact) mass is 542 g/mol. The first-order valence-corrected chi connectivity index (χ1v) is 12.5. The van der Waals surface area contributed by atoms with Gasteiger partial charge in [-0.15, -0.1) is 11.3 Å². The van der Waals surface area contributed by atoms with Gasteiger partial charge in [-0.2, -0.15) is 0 Å². The average Bonchev–Trinajstić information content (AvgIpc) is 3.25. The van der Waals surface area contributed by atoms with Crippen LogP contribution in [0.4, 0.5) is 20.2 Å². The summed E-state index contributed by atoms with van der Waals surface area (Å²) in [4.78, 5) is 39.3. The number of thiophene rings is 1. The number of alkyl halides is 2. The van der Waals surface area contributed by atoms with Gasteiger partial charge in [0.1, 0.15) is 12.6 Å². The number of anilines is 2. The van der Waals surface area contributed by atoms with Crippen LogP contribution in [0.2, 0.25) is 4.34 Å². The molecule has 3 N–H and O–H groups in total. The molecule has 36 heavy (non-hydrogen) atoms. The van der Waals surface area contributed by atoms with E-state index < -0.39 is 24.3 Å². The van der Waals surface area contributed by atoms with E-state index in [1.165, 1.54) is 17.0 Å². The maximum absolute atomic E-state index is 13.9. The first-order chi connectivity index (χ1) is 16.9. The number of hydrogen-bond acceptors (Lipinski definition) is 6. The molecule has 1 fully saturated rings. The summed E-state index contributed by atoms with van der Waals surface area (Å²) in [6.07, 6.45) is -2.86. The van der Waals surface area contributed by atoms with Crippen LogP contribution < -0.4 is 20.9 Å². The fourth-order valence-electron chi connectivity index (χ4n) is 3.46. The summed E-state index contributed by atoms with van der Waals surface area (Å²) in [5.74, 6) is -1.28. The molecule has 2 aromatic rings. The normalized spacial score (nSPS) is 15.2. The summed E-state index contributed by atoms with van der Waals surface area (Å²) in [5, 5.41) is 8.50. The maximum atomic E-state index is 13.9. The van der Waals surface area contributed by atoms with Gasteiger partial charge < -0.3 is 25.6 Å². The number of nitrogens with one attached hydrogen (secondary N) is 3. The topological polar surface area (TPSA) is 99.8 Å². The molecule has 196 valence electrons. The third-order valence-electron chi connectivity index (χ3n) is 5.27. The largest absolute Gasteiger partial charge is 0.370 e. The Morgan fingerprint density at radius 3 is 2.58 bits per heavy atom. The lowest BCUT2D eigenvalue weighted by atomic mass is 9.96. The van der Waals surface area contributed by atoms with E-state index in [9.17, 15) is 23.2 Å². The molecule has 1 aliphatic heterocycles. The summed E-state index contributed by atoms with van der Waals surface area (Å²) in [5.41, 5.74) is -0.289. The molecule has 12 heteroatoms. The van der Waals surface area contributed by atoms with E-state index in [0.29, 0.717) is 15.8 Å². The van der Waals surface area contributed by atoms with Gasteiger partial charge in [-0.1, -0.05) is 32.4 Å². The fraction of sp³-hybridized carbons (Fsp3) is 0.458. The van der Waals surface area contributed by atoms with E-state index in [2.05, 4.69) is 16.0 Å². The van der Waals surface area contributed by atoms with Gasteiger partial charge in [0.2, 0.25) is 5.91 Å². The van der Waals surface area contributed by atoms with E-state index in [1.807, 2.05) is 20.8 Å². The number of benzene rings is 1. The molecular formula is C24H29ClF2N4O4S. The number of nitrogens with zero attached hydrogens (tertiary/aromatic N) is 1. The predicted molar refractivity (Wildman–Crippen MR) is 136 cm³/mol. The van der Waals surface area contributed by atoms with Crippen molar-refractivity contribution in [1.82, 2.24) is 10.6 Å². The van der Waals surface area contributed by atoms with Crippen LogP contribution in [0, 0.1) is 5.41 Å². The van der Waals surface area contributed by atoms with Crippen molar-refractivity contribution in [3.63, 3.8) is 0 Å². The Morgan fingerprint density at radius 2 is 1.97 bits per heavy atom. The maximum Gasteiger partial charge on any atom is 0.265 e. The molecule has 3 amide bonds. The molecule has 2 heterocycles. The average molecular weight is 543 g/mol. The Balaban J connectivity index is 1.75. The van der Waals surface area contributed by atoms with Crippen molar-refractivity contribution in [3.05, 3.63) is 45.1 Å². The second-order valence-electron chi connectivity index (χ2n) is 9.47. The molecule has 1 aromatic carbocycles. The molecule has 8 nitrogen and oxygen atoms in total. The van der Waals surface area contributed by atoms with Gasteiger partial charge in [0.25, 0.3) is 18.2 Å². The molecule has 1 aliphatic rings. The Bertz CT molecular complexity index is 1110. The van der Waals surface area contributed by atoms with Crippen molar-refractivity contribution in [1.29, 1.82) is 0 Å². The number of carbonyl (C=O) groups is 3. The van der Waals surface area contributed by atoms with Gasteiger partial charge in [0.15, 0.2) is 0 Å². The number of morpholine rings is 1. The van der Waals surface area contributed by atoms with Crippen molar-refractivity contribution in [2.24, 2.45) is 5.41 Å². The lowest BCUT2D eigenvalue weighted by Crippen LogP contribution is -2.50. The van der Waals surface area contributed by atoms with Crippen LogP contribution in [0.25, 0.3) is 0 Å². The van der Waals surface area contributed by atoms with E-state index in [1.54, 1.807) is 12.1 Å². The van der Waals surface area contributed by atoms with Gasteiger partial charge in [0, 0.05) is 30.9 Å². The summed E-state index contributed by atoms with van der Waals surface area (Å²) < 4.78 is 33.3. The molecule has 0 radical (unpaired) electrons. The molecule has 0 unspecified atom stereocenters. The second-order valence-corrected chi connectivity index (χ2v) is 11.2. The molecule has 0 saturated carbocycles. The quantitative estimate of drug-likeness (QED) is 0.443. The molecule has 1 atom stereocenters. The first kappa shape index (κ1) is 28.0. The Hall–Kier alpha value is -2.60. The second kappa shape index (κ2) is 12.1. The standard InChI is InChI=1S/C24H29ClF2N4O4S/c1-24(2,3)13-29-16(11-28-23(34)18-6-7-19(25)36-18)22(33)30-14-4-5-17(15(10-14)21(26)27)31-8-9-35-12-20(31)32/h4-7,10,16,21,29H,8-9,11-13H2,1-3H3,(H,28,34)(H,30,33)/t16-/m1/s1. The van der Waals surface area contributed by atoms with Gasteiger partial charge in [-0.25, -0.2) is 8.78 Å². The Kier molecular flexibility index (Phi) is 9.40. The summed E-state index contributed by atoms with van der Waals surface area (Å²) in [7, 11) is 0. The van der Waals surface area contributed by atoms with Crippen molar-refractivity contribution in [2.45, 2.75) is 33.2 Å². The van der Waals surface area contributed by atoms with E-state index in [0.717, 1.165) is 17.4 Å². The summed E-state index contributed by atoms with van der Waals surface area (Å²) >= 11 is 7.01. The van der Waals surface area contributed by atoms with Crippen molar-refractivity contribution >= 4 is 52.0 Å².